The maximum atomic E-state index is 11.1. The Morgan fingerprint density at radius 2 is 1.39 bits per heavy atom. The fourth-order valence-corrected chi connectivity index (χ4v) is 5.82. The molecule has 2 spiro atoms. The van der Waals surface area contributed by atoms with Gasteiger partial charge in [0.1, 0.15) is 37.6 Å². The molecule has 0 aromatic heterocycles. The molecule has 4 saturated heterocycles. The number of aliphatic hydroxyl groups is 2. The standard InChI is InChI=1S/C20H32O8/c1-17(2)5-11-7-23-19(15(21)12(11)6-17)9-26-20(10-25-19)16(22)14-13(8-24-20)27-18(3,4)28-14/h11-16,21-22H,5-10H2,1-4H3/t11-,12-,13-,14-,15+,16+,19+,20+/m1/s1. The topological polar surface area (TPSA) is 95.8 Å². The van der Waals surface area contributed by atoms with E-state index in [1.54, 1.807) is 0 Å². The molecule has 4 aliphatic heterocycles. The molecule has 4 heterocycles. The number of fused-ring (bicyclic) bond motifs is 2. The lowest BCUT2D eigenvalue weighted by Gasteiger charge is -2.54. The molecular formula is C20H32O8. The largest absolute Gasteiger partial charge is 0.387 e. The lowest BCUT2D eigenvalue weighted by molar-refractivity contribution is -0.444. The van der Waals surface area contributed by atoms with Crippen molar-refractivity contribution in [2.24, 2.45) is 17.3 Å². The van der Waals surface area contributed by atoms with Crippen LogP contribution in [0.5, 0.6) is 0 Å². The highest BCUT2D eigenvalue weighted by Crippen LogP contribution is 2.53. The molecule has 28 heavy (non-hydrogen) atoms. The van der Waals surface area contributed by atoms with Crippen LogP contribution in [0.4, 0.5) is 0 Å². The Hall–Kier alpha value is -0.320. The third kappa shape index (κ3) is 2.88. The minimum Gasteiger partial charge on any atom is -0.387 e. The van der Waals surface area contributed by atoms with Crippen LogP contribution in [0.1, 0.15) is 40.5 Å². The van der Waals surface area contributed by atoms with Gasteiger partial charge in [-0.25, -0.2) is 0 Å². The second-order valence-corrected chi connectivity index (χ2v) is 10.3. The molecular weight excluding hydrogens is 368 g/mol. The van der Waals surface area contributed by atoms with E-state index in [1.165, 1.54) is 0 Å². The van der Waals surface area contributed by atoms with Crippen LogP contribution in [0.15, 0.2) is 0 Å². The molecule has 8 atom stereocenters. The average molecular weight is 400 g/mol. The van der Waals surface area contributed by atoms with Gasteiger partial charge in [-0.2, -0.15) is 0 Å². The van der Waals surface area contributed by atoms with Crippen molar-refractivity contribution in [3.63, 3.8) is 0 Å². The van der Waals surface area contributed by atoms with Crippen molar-refractivity contribution in [3.05, 3.63) is 0 Å². The Balaban J connectivity index is 1.30. The van der Waals surface area contributed by atoms with E-state index in [4.69, 9.17) is 28.4 Å². The maximum Gasteiger partial charge on any atom is 0.221 e. The molecule has 160 valence electrons. The third-order valence-corrected chi connectivity index (χ3v) is 7.12. The van der Waals surface area contributed by atoms with Crippen molar-refractivity contribution in [1.82, 2.24) is 0 Å². The van der Waals surface area contributed by atoms with E-state index in [-0.39, 0.29) is 37.3 Å². The molecule has 5 aliphatic rings. The third-order valence-electron chi connectivity index (χ3n) is 7.12. The monoisotopic (exact) mass is 400 g/mol. The summed E-state index contributed by atoms with van der Waals surface area (Å²) in [5.41, 5.74) is 0.187. The molecule has 8 nitrogen and oxygen atoms in total. The van der Waals surface area contributed by atoms with Gasteiger partial charge >= 0.3 is 0 Å². The summed E-state index contributed by atoms with van der Waals surface area (Å²) in [5, 5.41) is 22.0. The lowest BCUT2D eigenvalue weighted by atomic mass is 9.83. The second-order valence-electron chi connectivity index (χ2n) is 10.3. The Morgan fingerprint density at radius 3 is 2.07 bits per heavy atom. The molecule has 0 bridgehead atoms. The maximum absolute atomic E-state index is 11.1. The molecule has 0 aromatic carbocycles. The Bertz CT molecular complexity index is 572. The molecule has 2 N–H and O–H groups in total. The first-order chi connectivity index (χ1) is 13.1. The van der Waals surface area contributed by atoms with Gasteiger partial charge in [-0.05, 0) is 43.9 Å². The normalized spacial score (nSPS) is 54.6. The van der Waals surface area contributed by atoms with Gasteiger partial charge in [-0.1, -0.05) is 13.8 Å². The SMILES string of the molecule is CC1(C)C[C@@H]2CO[C@]3(CO[C@]4(CO3)OC[C@H]3OC(C)(C)O[C@H]3[C@@H]4O)[C@@H](O)[C@@H]2C1. The van der Waals surface area contributed by atoms with Gasteiger partial charge in [0, 0.05) is 0 Å². The van der Waals surface area contributed by atoms with Crippen LogP contribution < -0.4 is 0 Å². The van der Waals surface area contributed by atoms with Gasteiger partial charge in [-0.15, -0.1) is 0 Å². The van der Waals surface area contributed by atoms with Gasteiger partial charge in [0.2, 0.25) is 11.6 Å². The zero-order valence-electron chi connectivity index (χ0n) is 17.1. The van der Waals surface area contributed by atoms with Crippen molar-refractivity contribution < 1.29 is 38.6 Å². The van der Waals surface area contributed by atoms with Crippen LogP contribution in [0.2, 0.25) is 0 Å². The molecule has 0 amide bonds. The second kappa shape index (κ2) is 6.11. The Labute approximate surface area is 165 Å². The van der Waals surface area contributed by atoms with E-state index in [1.807, 2.05) is 13.8 Å². The number of aliphatic hydroxyl groups excluding tert-OH is 2. The van der Waals surface area contributed by atoms with E-state index in [9.17, 15) is 10.2 Å². The van der Waals surface area contributed by atoms with Gasteiger partial charge in [0.25, 0.3) is 0 Å². The van der Waals surface area contributed by atoms with Crippen LogP contribution in [-0.2, 0) is 28.4 Å². The van der Waals surface area contributed by atoms with E-state index in [2.05, 4.69) is 13.8 Å². The first-order valence-corrected chi connectivity index (χ1v) is 10.3. The van der Waals surface area contributed by atoms with Crippen molar-refractivity contribution in [2.75, 3.05) is 26.4 Å². The molecule has 1 saturated carbocycles. The minimum absolute atomic E-state index is 0.00346. The predicted octanol–water partition coefficient (Wildman–Crippen LogP) is 0.781. The zero-order valence-corrected chi connectivity index (χ0v) is 17.1. The molecule has 0 unspecified atom stereocenters. The average Bonchev–Trinajstić information content (AvgIpc) is 3.12. The highest BCUT2D eigenvalue weighted by molar-refractivity contribution is 5.04. The predicted molar refractivity (Wildman–Crippen MR) is 95.1 cm³/mol. The first-order valence-electron chi connectivity index (χ1n) is 10.3. The summed E-state index contributed by atoms with van der Waals surface area (Å²) in [5.74, 6) is -2.88. The van der Waals surface area contributed by atoms with Crippen LogP contribution >= 0.6 is 0 Å². The van der Waals surface area contributed by atoms with Gasteiger partial charge in [0.05, 0.1) is 13.2 Å². The van der Waals surface area contributed by atoms with Crippen molar-refractivity contribution in [1.29, 1.82) is 0 Å². The highest BCUT2D eigenvalue weighted by Gasteiger charge is 2.64. The van der Waals surface area contributed by atoms with E-state index in [0.717, 1.165) is 12.8 Å². The zero-order chi connectivity index (χ0) is 19.9. The number of ether oxygens (including phenoxy) is 6. The summed E-state index contributed by atoms with van der Waals surface area (Å²) in [6.45, 7) is 8.81. The number of hydrogen-bond donors (Lipinski definition) is 2. The van der Waals surface area contributed by atoms with Gasteiger partial charge in [0.15, 0.2) is 5.79 Å². The summed E-state index contributed by atoms with van der Waals surface area (Å²) in [6.07, 6.45) is -0.783. The molecule has 5 fully saturated rings. The van der Waals surface area contributed by atoms with Crippen LogP contribution in [0.3, 0.4) is 0 Å². The van der Waals surface area contributed by atoms with Gasteiger partial charge < -0.3 is 38.6 Å². The fourth-order valence-electron chi connectivity index (χ4n) is 5.82. The van der Waals surface area contributed by atoms with Gasteiger partial charge in [-0.3, -0.25) is 0 Å². The Kier molecular flexibility index (Phi) is 4.28. The first kappa shape index (κ1) is 19.6. The van der Waals surface area contributed by atoms with Crippen LogP contribution in [0, 0.1) is 17.3 Å². The summed E-state index contributed by atoms with van der Waals surface area (Å²) in [7, 11) is 0. The quantitative estimate of drug-likeness (QED) is 0.616. The van der Waals surface area contributed by atoms with Crippen LogP contribution in [0.25, 0.3) is 0 Å². The lowest BCUT2D eigenvalue weighted by Crippen LogP contribution is -2.71. The number of rotatable bonds is 0. The van der Waals surface area contributed by atoms with Crippen molar-refractivity contribution in [3.8, 4) is 0 Å². The molecule has 1 aliphatic carbocycles. The fraction of sp³-hybridized carbons (Fsp3) is 1.00. The Morgan fingerprint density at radius 1 is 0.750 bits per heavy atom. The summed E-state index contributed by atoms with van der Waals surface area (Å²) in [6, 6.07) is 0. The van der Waals surface area contributed by atoms with Crippen LogP contribution in [-0.4, -0.2) is 78.4 Å². The summed E-state index contributed by atoms with van der Waals surface area (Å²) >= 11 is 0. The molecule has 0 aromatic rings. The van der Waals surface area contributed by atoms with E-state index in [0.29, 0.717) is 12.5 Å². The molecule has 0 radical (unpaired) electrons. The summed E-state index contributed by atoms with van der Waals surface area (Å²) in [4.78, 5) is 0. The smallest absolute Gasteiger partial charge is 0.221 e. The van der Waals surface area contributed by atoms with E-state index < -0.39 is 35.7 Å². The number of hydrogen-bond acceptors (Lipinski definition) is 8. The molecule has 8 heteroatoms. The molecule has 5 rings (SSSR count). The highest BCUT2D eigenvalue weighted by atomic mass is 16.8. The summed E-state index contributed by atoms with van der Waals surface area (Å²) < 4.78 is 35.7. The van der Waals surface area contributed by atoms with E-state index >= 15 is 0 Å². The minimum atomic E-state index is -1.34. The van der Waals surface area contributed by atoms with Crippen molar-refractivity contribution >= 4 is 0 Å². The van der Waals surface area contributed by atoms with Crippen molar-refractivity contribution in [2.45, 2.75) is 82.3 Å².